The SMILES string of the molecule is CC[N+]1CCC(C(F)(F)F)N1C. The van der Waals surface area contributed by atoms with Gasteiger partial charge in [-0.1, -0.05) is 10.0 Å². The first kappa shape index (κ1) is 9.80. The molecule has 0 aromatic carbocycles. The Balaban J connectivity index is 2.61. The van der Waals surface area contributed by atoms with Crippen molar-refractivity contribution < 1.29 is 13.2 Å². The molecular weight excluding hydrogens is 169 g/mol. The Morgan fingerprint density at radius 1 is 1.50 bits per heavy atom. The fourth-order valence-corrected chi connectivity index (χ4v) is 1.57. The van der Waals surface area contributed by atoms with Gasteiger partial charge in [0.2, 0.25) is 0 Å². The molecule has 1 unspecified atom stereocenters. The Morgan fingerprint density at radius 3 is 2.33 bits per heavy atom. The van der Waals surface area contributed by atoms with E-state index in [1.807, 2.05) is 6.92 Å². The van der Waals surface area contributed by atoms with Crippen molar-refractivity contribution in [2.75, 3.05) is 20.1 Å². The second-order valence-electron chi connectivity index (χ2n) is 2.97. The van der Waals surface area contributed by atoms with E-state index in [-0.39, 0.29) is 6.42 Å². The molecule has 1 aliphatic rings. The van der Waals surface area contributed by atoms with Gasteiger partial charge in [0.05, 0.1) is 0 Å². The van der Waals surface area contributed by atoms with Crippen LogP contribution < -0.4 is 5.01 Å². The standard InChI is InChI=1S/C7H13F3N2/c1-3-12-5-4-6(11(12)2)7(8,9)10/h6H,3-5H2,1-2H3/q+1. The largest absolute Gasteiger partial charge is 0.409 e. The van der Waals surface area contributed by atoms with Gasteiger partial charge < -0.3 is 0 Å². The van der Waals surface area contributed by atoms with Gasteiger partial charge in [-0.3, -0.25) is 0 Å². The Hall–Kier alpha value is -0.290. The van der Waals surface area contributed by atoms with E-state index in [0.717, 1.165) is 0 Å². The number of alkyl halides is 3. The molecule has 2 nitrogen and oxygen atoms in total. The van der Waals surface area contributed by atoms with Crippen molar-refractivity contribution in [3.05, 3.63) is 0 Å². The summed E-state index contributed by atoms with van der Waals surface area (Å²) in [5.74, 6) is 0. The lowest BCUT2D eigenvalue weighted by Gasteiger charge is -2.19. The van der Waals surface area contributed by atoms with Gasteiger partial charge in [-0.15, -0.1) is 0 Å². The summed E-state index contributed by atoms with van der Waals surface area (Å²) in [7, 11) is 1.49. The fourth-order valence-electron chi connectivity index (χ4n) is 1.57. The third kappa shape index (κ3) is 1.72. The number of hydrogen-bond acceptors (Lipinski definition) is 2. The monoisotopic (exact) mass is 182 g/mol. The van der Waals surface area contributed by atoms with Gasteiger partial charge in [0.1, 0.15) is 13.1 Å². The molecular formula is C7H13F3N2+. The minimum Gasteiger partial charge on any atom is -0.169 e. The Kier molecular flexibility index (Phi) is 2.63. The van der Waals surface area contributed by atoms with Crippen LogP contribution in [0.2, 0.25) is 0 Å². The molecule has 1 fully saturated rings. The van der Waals surface area contributed by atoms with E-state index in [4.69, 9.17) is 0 Å². The minimum atomic E-state index is -4.08. The molecule has 1 rings (SSSR count). The minimum absolute atomic E-state index is 0.188. The number of hydrazine groups is 1. The van der Waals surface area contributed by atoms with Crippen LogP contribution in [-0.2, 0) is 0 Å². The lowest BCUT2D eigenvalue weighted by Crippen LogP contribution is -2.47. The first-order chi connectivity index (χ1) is 5.46. The summed E-state index contributed by atoms with van der Waals surface area (Å²) in [4.78, 5) is 0. The molecule has 0 aliphatic carbocycles. The van der Waals surface area contributed by atoms with Crippen LogP contribution in [0, 0.1) is 0 Å². The Bertz CT molecular complexity index is 157. The second-order valence-corrected chi connectivity index (χ2v) is 2.97. The highest BCUT2D eigenvalue weighted by Gasteiger charge is 2.52. The van der Waals surface area contributed by atoms with E-state index >= 15 is 0 Å². The molecule has 0 N–H and O–H groups in total. The predicted molar refractivity (Wildman–Crippen MR) is 39.8 cm³/mol. The Labute approximate surface area is 69.9 Å². The zero-order valence-electron chi connectivity index (χ0n) is 7.23. The predicted octanol–water partition coefficient (Wildman–Crippen LogP) is 1.33. The molecule has 0 bridgehead atoms. The fraction of sp³-hybridized carbons (Fsp3) is 1.00. The van der Waals surface area contributed by atoms with Gasteiger partial charge in [0.15, 0.2) is 6.04 Å². The van der Waals surface area contributed by atoms with Crippen molar-refractivity contribution in [1.82, 2.24) is 10.0 Å². The van der Waals surface area contributed by atoms with Crippen LogP contribution in [0.3, 0.4) is 0 Å². The van der Waals surface area contributed by atoms with E-state index in [1.54, 1.807) is 5.01 Å². The van der Waals surface area contributed by atoms with Crippen LogP contribution in [0.4, 0.5) is 13.2 Å². The van der Waals surface area contributed by atoms with Crippen LogP contribution in [0.15, 0.2) is 0 Å². The van der Waals surface area contributed by atoms with E-state index < -0.39 is 12.2 Å². The number of hydrogen-bond donors (Lipinski definition) is 0. The third-order valence-corrected chi connectivity index (χ3v) is 2.30. The average Bonchev–Trinajstić information content (AvgIpc) is 2.29. The summed E-state index contributed by atoms with van der Waals surface area (Å²) in [5.41, 5.74) is 0. The zero-order valence-corrected chi connectivity index (χ0v) is 7.23. The van der Waals surface area contributed by atoms with Crippen LogP contribution in [-0.4, -0.2) is 37.4 Å². The van der Waals surface area contributed by atoms with Crippen LogP contribution in [0.1, 0.15) is 13.3 Å². The van der Waals surface area contributed by atoms with Crippen molar-refractivity contribution in [3.63, 3.8) is 0 Å². The highest BCUT2D eigenvalue weighted by Crippen LogP contribution is 2.30. The maximum absolute atomic E-state index is 12.3. The van der Waals surface area contributed by atoms with E-state index in [0.29, 0.717) is 13.1 Å². The van der Waals surface area contributed by atoms with Crippen LogP contribution in [0.25, 0.3) is 0 Å². The summed E-state index contributed by atoms with van der Waals surface area (Å²) >= 11 is 0. The van der Waals surface area contributed by atoms with Gasteiger partial charge >= 0.3 is 6.18 Å². The van der Waals surface area contributed by atoms with E-state index in [9.17, 15) is 13.2 Å². The highest BCUT2D eigenvalue weighted by molar-refractivity contribution is 4.84. The molecule has 1 radical (unpaired) electrons. The molecule has 0 amide bonds. The summed E-state index contributed by atoms with van der Waals surface area (Å²) in [6.07, 6.45) is -3.90. The van der Waals surface area contributed by atoms with Crippen molar-refractivity contribution in [3.8, 4) is 0 Å². The summed E-state index contributed by atoms with van der Waals surface area (Å²) in [5, 5.41) is 3.00. The highest BCUT2D eigenvalue weighted by atomic mass is 19.4. The summed E-state index contributed by atoms with van der Waals surface area (Å²) in [6.45, 7) is 3.01. The number of rotatable bonds is 1. The lowest BCUT2D eigenvalue weighted by atomic mass is 10.2. The molecule has 0 saturated carbocycles. The van der Waals surface area contributed by atoms with Gasteiger partial charge in [0.25, 0.3) is 0 Å². The lowest BCUT2D eigenvalue weighted by molar-refractivity contribution is -0.183. The molecule has 12 heavy (non-hydrogen) atoms. The van der Waals surface area contributed by atoms with Gasteiger partial charge in [0, 0.05) is 13.5 Å². The third-order valence-electron chi connectivity index (χ3n) is 2.30. The van der Waals surface area contributed by atoms with Crippen LogP contribution >= 0.6 is 0 Å². The maximum atomic E-state index is 12.3. The molecule has 5 heteroatoms. The average molecular weight is 182 g/mol. The van der Waals surface area contributed by atoms with Gasteiger partial charge in [-0.05, 0) is 6.92 Å². The number of nitrogens with zero attached hydrogens (tertiary/aromatic N) is 2. The number of halogens is 3. The molecule has 0 spiro atoms. The van der Waals surface area contributed by atoms with Crippen molar-refractivity contribution >= 4 is 0 Å². The molecule has 1 atom stereocenters. The molecule has 0 aromatic rings. The van der Waals surface area contributed by atoms with Gasteiger partial charge in [-0.25, -0.2) is 0 Å². The topological polar surface area (TPSA) is 9.14 Å². The normalized spacial score (nSPS) is 28.2. The van der Waals surface area contributed by atoms with E-state index in [2.05, 4.69) is 0 Å². The quantitative estimate of drug-likeness (QED) is 0.556. The molecule has 1 saturated heterocycles. The Morgan fingerprint density at radius 2 is 2.08 bits per heavy atom. The molecule has 0 aromatic heterocycles. The first-order valence-electron chi connectivity index (χ1n) is 4.01. The summed E-state index contributed by atoms with van der Waals surface area (Å²) in [6, 6.07) is -1.28. The molecule has 1 heterocycles. The van der Waals surface area contributed by atoms with Crippen molar-refractivity contribution in [2.45, 2.75) is 25.6 Å². The smallest absolute Gasteiger partial charge is 0.169 e. The molecule has 1 aliphatic heterocycles. The van der Waals surface area contributed by atoms with Crippen molar-refractivity contribution in [1.29, 1.82) is 0 Å². The zero-order chi connectivity index (χ0) is 9.35. The van der Waals surface area contributed by atoms with Crippen LogP contribution in [0.5, 0.6) is 0 Å². The first-order valence-corrected chi connectivity index (χ1v) is 4.01. The maximum Gasteiger partial charge on any atom is 0.409 e. The van der Waals surface area contributed by atoms with Gasteiger partial charge in [-0.2, -0.15) is 13.2 Å². The molecule has 71 valence electrons. The van der Waals surface area contributed by atoms with E-state index in [1.165, 1.54) is 12.1 Å². The second kappa shape index (κ2) is 3.22. The van der Waals surface area contributed by atoms with Crippen molar-refractivity contribution in [2.24, 2.45) is 0 Å². The summed E-state index contributed by atoms with van der Waals surface area (Å²) < 4.78 is 36.8.